The number of hydrogen-bond donors (Lipinski definition) is 0. The van der Waals surface area contributed by atoms with Crippen LogP contribution < -0.4 is 0 Å². The van der Waals surface area contributed by atoms with Crippen molar-refractivity contribution in [1.29, 1.82) is 0 Å². The van der Waals surface area contributed by atoms with Crippen molar-refractivity contribution in [1.82, 2.24) is 4.90 Å². The van der Waals surface area contributed by atoms with Gasteiger partial charge in [-0.05, 0) is 12.8 Å². The van der Waals surface area contributed by atoms with Crippen LogP contribution in [0.2, 0.25) is 0 Å². The van der Waals surface area contributed by atoms with Crippen LogP contribution in [0.3, 0.4) is 0 Å². The van der Waals surface area contributed by atoms with Gasteiger partial charge in [-0.2, -0.15) is 0 Å². The quantitative estimate of drug-likeness (QED) is 0.404. The average molecular weight is 170 g/mol. The summed E-state index contributed by atoms with van der Waals surface area (Å²) in [6.07, 6.45) is 7.88. The molecule has 0 saturated heterocycles. The first-order valence-corrected chi connectivity index (χ1v) is 4.97. The molecule has 0 aliphatic rings. The zero-order valence-electron chi connectivity index (χ0n) is 8.31. The smallest absolute Gasteiger partial charge is 0.312 e. The molecule has 1 radical (unpaired) electrons. The maximum Gasteiger partial charge on any atom is 0.312 e. The molecule has 0 saturated carbocycles. The molecule has 0 aromatic carbocycles. The molecule has 0 aromatic rings. The number of carbonyl (C=O) groups excluding carboxylic acids is 1. The van der Waals surface area contributed by atoms with Crippen LogP contribution in [-0.4, -0.2) is 24.4 Å². The van der Waals surface area contributed by atoms with Crippen molar-refractivity contribution in [3.8, 4) is 0 Å². The molecule has 12 heavy (non-hydrogen) atoms. The molecule has 0 heterocycles. The fourth-order valence-corrected chi connectivity index (χ4v) is 1.20. The summed E-state index contributed by atoms with van der Waals surface area (Å²) in [5.41, 5.74) is 0. The zero-order chi connectivity index (χ0) is 9.23. The summed E-state index contributed by atoms with van der Waals surface area (Å²) >= 11 is 0. The summed E-state index contributed by atoms with van der Waals surface area (Å²) < 4.78 is 0. The van der Waals surface area contributed by atoms with E-state index in [1.165, 1.54) is 19.3 Å². The highest BCUT2D eigenvalue weighted by molar-refractivity contribution is 5.47. The fourth-order valence-electron chi connectivity index (χ4n) is 1.20. The Morgan fingerprint density at radius 2 is 1.75 bits per heavy atom. The highest BCUT2D eigenvalue weighted by Crippen LogP contribution is 2.00. The Bertz CT molecular complexity index is 104. The van der Waals surface area contributed by atoms with Gasteiger partial charge in [-0.3, -0.25) is 4.79 Å². The molecule has 2 nitrogen and oxygen atoms in total. The molecule has 0 aliphatic heterocycles. The molecule has 2 heteroatoms. The number of rotatable bonds is 8. The lowest BCUT2D eigenvalue weighted by molar-refractivity contribution is 0.368. The minimum Gasteiger partial charge on any atom is -0.334 e. The van der Waals surface area contributed by atoms with E-state index < -0.39 is 0 Å². The highest BCUT2D eigenvalue weighted by Gasteiger charge is 1.99. The SMILES string of the molecule is CCCCCCN([C]=O)CCC. The summed E-state index contributed by atoms with van der Waals surface area (Å²) in [4.78, 5) is 12.1. The Hall–Kier alpha value is -0.530. The third-order valence-corrected chi connectivity index (χ3v) is 1.90. The van der Waals surface area contributed by atoms with Crippen molar-refractivity contribution in [3.63, 3.8) is 0 Å². The molecule has 0 spiro atoms. The van der Waals surface area contributed by atoms with Gasteiger partial charge in [0.1, 0.15) is 0 Å². The average Bonchev–Trinajstić information content (AvgIpc) is 2.10. The topological polar surface area (TPSA) is 20.3 Å². The first-order valence-electron chi connectivity index (χ1n) is 4.97. The van der Waals surface area contributed by atoms with E-state index in [2.05, 4.69) is 13.8 Å². The first-order chi connectivity index (χ1) is 5.85. The first kappa shape index (κ1) is 11.5. The zero-order valence-corrected chi connectivity index (χ0v) is 8.31. The maximum atomic E-state index is 10.4. The molecule has 71 valence electrons. The van der Waals surface area contributed by atoms with E-state index in [-0.39, 0.29) is 0 Å². The summed E-state index contributed by atoms with van der Waals surface area (Å²) in [6, 6.07) is 0. The molecule has 0 aliphatic carbocycles. The van der Waals surface area contributed by atoms with Gasteiger partial charge in [-0.25, -0.2) is 0 Å². The van der Waals surface area contributed by atoms with Gasteiger partial charge in [0.2, 0.25) is 0 Å². The number of hydrogen-bond acceptors (Lipinski definition) is 1. The predicted octanol–water partition coefficient (Wildman–Crippen LogP) is 2.35. The second-order valence-electron chi connectivity index (χ2n) is 3.14. The van der Waals surface area contributed by atoms with Crippen molar-refractivity contribution in [2.24, 2.45) is 0 Å². The van der Waals surface area contributed by atoms with E-state index in [9.17, 15) is 4.79 Å². The van der Waals surface area contributed by atoms with Crippen LogP contribution in [0.1, 0.15) is 46.0 Å². The molecule has 0 atom stereocenters. The van der Waals surface area contributed by atoms with Gasteiger partial charge in [0.05, 0.1) is 0 Å². The molecular weight excluding hydrogens is 150 g/mol. The Balaban J connectivity index is 3.25. The van der Waals surface area contributed by atoms with Crippen LogP contribution >= 0.6 is 0 Å². The van der Waals surface area contributed by atoms with Crippen molar-refractivity contribution in [2.45, 2.75) is 46.0 Å². The highest BCUT2D eigenvalue weighted by atomic mass is 16.1. The molecule has 0 bridgehead atoms. The second kappa shape index (κ2) is 8.57. The van der Waals surface area contributed by atoms with Crippen LogP contribution in [0.4, 0.5) is 0 Å². The Kier molecular flexibility index (Phi) is 8.19. The number of nitrogens with zero attached hydrogens (tertiary/aromatic N) is 1. The van der Waals surface area contributed by atoms with Gasteiger partial charge >= 0.3 is 6.41 Å². The van der Waals surface area contributed by atoms with Gasteiger partial charge in [0.25, 0.3) is 0 Å². The predicted molar refractivity (Wildman–Crippen MR) is 51.7 cm³/mol. The van der Waals surface area contributed by atoms with E-state index in [1.807, 2.05) is 6.41 Å². The van der Waals surface area contributed by atoms with Gasteiger partial charge in [-0.15, -0.1) is 0 Å². The summed E-state index contributed by atoms with van der Waals surface area (Å²) in [5.74, 6) is 0. The lowest BCUT2D eigenvalue weighted by Crippen LogP contribution is -2.23. The number of amides is 1. The number of unbranched alkanes of at least 4 members (excludes halogenated alkanes) is 3. The molecule has 0 fully saturated rings. The van der Waals surface area contributed by atoms with E-state index in [4.69, 9.17) is 0 Å². The normalized spacial score (nSPS) is 9.83. The van der Waals surface area contributed by atoms with Crippen LogP contribution in [0, 0.1) is 0 Å². The molecule has 0 rings (SSSR count). The van der Waals surface area contributed by atoms with Crippen molar-refractivity contribution in [3.05, 3.63) is 0 Å². The van der Waals surface area contributed by atoms with Crippen molar-refractivity contribution in [2.75, 3.05) is 13.1 Å². The largest absolute Gasteiger partial charge is 0.334 e. The standard InChI is InChI=1S/C10H20NO/c1-3-5-6-7-9-11(10-12)8-4-2/h3-9H2,1-2H3. The third-order valence-electron chi connectivity index (χ3n) is 1.90. The van der Waals surface area contributed by atoms with E-state index >= 15 is 0 Å². The molecule has 0 aromatic heterocycles. The van der Waals surface area contributed by atoms with Crippen LogP contribution in [-0.2, 0) is 4.79 Å². The molecular formula is C10H20NO. The summed E-state index contributed by atoms with van der Waals surface area (Å²) in [6.45, 7) is 6.01. The minimum atomic E-state index is 0.857. The minimum absolute atomic E-state index is 0.857. The summed E-state index contributed by atoms with van der Waals surface area (Å²) in [7, 11) is 0. The Morgan fingerprint density at radius 1 is 1.00 bits per heavy atom. The monoisotopic (exact) mass is 170 g/mol. The van der Waals surface area contributed by atoms with Gasteiger partial charge in [0.15, 0.2) is 0 Å². The van der Waals surface area contributed by atoms with Gasteiger partial charge < -0.3 is 4.90 Å². The van der Waals surface area contributed by atoms with E-state index in [0.29, 0.717) is 0 Å². The molecule has 1 amide bonds. The van der Waals surface area contributed by atoms with Crippen LogP contribution in [0.15, 0.2) is 0 Å². The van der Waals surface area contributed by atoms with Crippen LogP contribution in [0.5, 0.6) is 0 Å². The Labute approximate surface area is 75.9 Å². The molecule has 0 unspecified atom stereocenters. The third kappa shape index (κ3) is 6.20. The Morgan fingerprint density at radius 3 is 2.25 bits per heavy atom. The summed E-state index contributed by atoms with van der Waals surface area (Å²) in [5, 5.41) is 0. The van der Waals surface area contributed by atoms with Crippen molar-refractivity contribution < 1.29 is 4.79 Å². The lowest BCUT2D eigenvalue weighted by atomic mass is 10.2. The van der Waals surface area contributed by atoms with E-state index in [1.54, 1.807) is 4.90 Å². The second-order valence-corrected chi connectivity index (χ2v) is 3.14. The fraction of sp³-hybridized carbons (Fsp3) is 0.900. The molecule has 0 N–H and O–H groups in total. The lowest BCUT2D eigenvalue weighted by Gasteiger charge is -2.14. The van der Waals surface area contributed by atoms with Crippen LogP contribution in [0.25, 0.3) is 0 Å². The maximum absolute atomic E-state index is 10.4. The van der Waals surface area contributed by atoms with Crippen molar-refractivity contribution >= 4 is 6.41 Å². The van der Waals surface area contributed by atoms with Gasteiger partial charge in [-0.1, -0.05) is 33.1 Å². The van der Waals surface area contributed by atoms with Gasteiger partial charge in [0, 0.05) is 13.1 Å². The van der Waals surface area contributed by atoms with E-state index in [0.717, 1.165) is 25.9 Å².